The van der Waals surface area contributed by atoms with E-state index in [1.807, 2.05) is 13.8 Å². The summed E-state index contributed by atoms with van der Waals surface area (Å²) in [6.45, 7) is 3.93. The Labute approximate surface area is 178 Å². The van der Waals surface area contributed by atoms with E-state index in [-0.39, 0.29) is 5.56 Å². The number of benzene rings is 1. The van der Waals surface area contributed by atoms with Crippen molar-refractivity contribution >= 4 is 39.0 Å². The van der Waals surface area contributed by atoms with Crippen LogP contribution < -0.4 is 5.56 Å². The summed E-state index contributed by atoms with van der Waals surface area (Å²) in [5, 5.41) is 14.5. The molecule has 0 atom stereocenters. The Hall–Kier alpha value is -3.11. The molecule has 5 aromatic rings. The van der Waals surface area contributed by atoms with E-state index < -0.39 is 5.82 Å². The molecule has 0 unspecified atom stereocenters. The molecule has 1 aromatic carbocycles. The zero-order chi connectivity index (χ0) is 21.0. The minimum absolute atomic E-state index is 0.0817. The van der Waals surface area contributed by atoms with Crippen LogP contribution in [0.15, 0.2) is 51.4 Å². The molecule has 4 heterocycles. The number of hydrogen-bond donors (Lipinski definition) is 0. The highest BCUT2D eigenvalue weighted by Crippen LogP contribution is 2.30. The van der Waals surface area contributed by atoms with Crippen molar-refractivity contribution in [3.05, 3.63) is 63.0 Å². The molecule has 0 aliphatic heterocycles. The predicted octanol–water partition coefficient (Wildman–Crippen LogP) is 4.01. The Morgan fingerprint density at radius 3 is 2.70 bits per heavy atom. The van der Waals surface area contributed by atoms with Crippen LogP contribution >= 0.6 is 23.1 Å². The lowest BCUT2D eigenvalue weighted by Gasteiger charge is -2.07. The van der Waals surface area contributed by atoms with Gasteiger partial charge in [-0.25, -0.2) is 9.37 Å². The van der Waals surface area contributed by atoms with Crippen LogP contribution in [0.2, 0.25) is 0 Å². The van der Waals surface area contributed by atoms with E-state index >= 15 is 0 Å². The van der Waals surface area contributed by atoms with Gasteiger partial charge in [0.15, 0.2) is 16.6 Å². The van der Waals surface area contributed by atoms with Crippen molar-refractivity contribution in [3.8, 4) is 11.4 Å². The molecule has 0 saturated carbocycles. The lowest BCUT2D eigenvalue weighted by Crippen LogP contribution is -2.19. The smallest absolute Gasteiger partial charge is 0.262 e. The molecular weight excluding hydrogens is 423 g/mol. The summed E-state index contributed by atoms with van der Waals surface area (Å²) < 4.78 is 17.3. The van der Waals surface area contributed by atoms with Crippen LogP contribution in [0.25, 0.3) is 27.3 Å². The summed E-state index contributed by atoms with van der Waals surface area (Å²) in [6.07, 6.45) is 0. The van der Waals surface area contributed by atoms with Gasteiger partial charge in [0.1, 0.15) is 15.7 Å². The van der Waals surface area contributed by atoms with Gasteiger partial charge in [0.2, 0.25) is 0 Å². The zero-order valence-corrected chi connectivity index (χ0v) is 17.9. The normalized spacial score (nSPS) is 11.6. The summed E-state index contributed by atoms with van der Waals surface area (Å²) in [5.41, 5.74) is 1.70. The molecule has 4 aromatic heterocycles. The minimum Gasteiger partial charge on any atom is -0.290 e. The van der Waals surface area contributed by atoms with Gasteiger partial charge in [-0.05, 0) is 55.4 Å². The number of aryl methyl sites for hydroxylation is 2. The Bertz CT molecular complexity index is 1500. The lowest BCUT2D eigenvalue weighted by molar-refractivity contribution is 0.629. The fourth-order valence-electron chi connectivity index (χ4n) is 3.18. The van der Waals surface area contributed by atoms with Crippen LogP contribution in [0.3, 0.4) is 0 Å². The number of fused-ring (bicyclic) bond motifs is 2. The Balaban J connectivity index is 1.61. The highest BCUT2D eigenvalue weighted by molar-refractivity contribution is 7.99. The molecule has 0 aliphatic rings. The molecule has 0 radical (unpaired) electrons. The number of halogens is 1. The van der Waals surface area contributed by atoms with Crippen LogP contribution in [0.1, 0.15) is 10.4 Å². The van der Waals surface area contributed by atoms with Crippen LogP contribution in [-0.4, -0.2) is 29.4 Å². The SMILES string of the molecule is Cc1sc2nc(Sc3ccc4nnc(-c5ccccc5F)n4n3)n(C)c(=O)c2c1C. The number of nitrogens with zero attached hydrogens (tertiary/aromatic N) is 6. The Morgan fingerprint density at radius 1 is 1.10 bits per heavy atom. The van der Waals surface area contributed by atoms with Gasteiger partial charge in [0.05, 0.1) is 10.9 Å². The third-order valence-electron chi connectivity index (χ3n) is 4.92. The molecule has 150 valence electrons. The molecule has 7 nitrogen and oxygen atoms in total. The number of rotatable bonds is 3. The van der Waals surface area contributed by atoms with Crippen molar-refractivity contribution in [1.82, 2.24) is 29.4 Å². The summed E-state index contributed by atoms with van der Waals surface area (Å²) >= 11 is 2.77. The first kappa shape index (κ1) is 18.9. The summed E-state index contributed by atoms with van der Waals surface area (Å²) in [4.78, 5) is 19.3. The molecule has 5 rings (SSSR count). The molecule has 0 saturated heterocycles. The largest absolute Gasteiger partial charge is 0.290 e. The second-order valence-corrected chi connectivity index (χ2v) is 8.96. The van der Waals surface area contributed by atoms with Gasteiger partial charge in [-0.15, -0.1) is 21.5 Å². The van der Waals surface area contributed by atoms with Gasteiger partial charge < -0.3 is 0 Å². The maximum Gasteiger partial charge on any atom is 0.262 e. The fraction of sp³-hybridized carbons (Fsp3) is 0.150. The van der Waals surface area contributed by atoms with Crippen molar-refractivity contribution in [1.29, 1.82) is 0 Å². The van der Waals surface area contributed by atoms with Gasteiger partial charge in [0.25, 0.3) is 5.56 Å². The third-order valence-corrected chi connectivity index (χ3v) is 6.99. The monoisotopic (exact) mass is 438 g/mol. The summed E-state index contributed by atoms with van der Waals surface area (Å²) in [5.74, 6) is -0.0861. The first-order chi connectivity index (χ1) is 14.4. The van der Waals surface area contributed by atoms with E-state index in [4.69, 9.17) is 0 Å². The number of hydrogen-bond acceptors (Lipinski definition) is 7. The van der Waals surface area contributed by atoms with E-state index in [2.05, 4.69) is 20.3 Å². The topological polar surface area (TPSA) is 78.0 Å². The van der Waals surface area contributed by atoms with Gasteiger partial charge in [-0.1, -0.05) is 12.1 Å². The van der Waals surface area contributed by atoms with Crippen molar-refractivity contribution < 1.29 is 4.39 Å². The van der Waals surface area contributed by atoms with E-state index in [9.17, 15) is 9.18 Å². The quantitative estimate of drug-likeness (QED) is 0.396. The van der Waals surface area contributed by atoms with Gasteiger partial charge in [0, 0.05) is 11.9 Å². The first-order valence-corrected chi connectivity index (χ1v) is 10.7. The van der Waals surface area contributed by atoms with E-state index in [1.54, 1.807) is 37.4 Å². The number of aromatic nitrogens is 6. The molecule has 0 aliphatic carbocycles. The highest BCUT2D eigenvalue weighted by Gasteiger charge is 2.17. The third kappa shape index (κ3) is 2.91. The number of thiophene rings is 1. The van der Waals surface area contributed by atoms with Crippen molar-refractivity contribution in [3.63, 3.8) is 0 Å². The molecule has 0 amide bonds. The molecule has 0 fully saturated rings. The first-order valence-electron chi connectivity index (χ1n) is 9.06. The fourth-order valence-corrected chi connectivity index (χ4v) is 5.06. The molecule has 10 heteroatoms. The van der Waals surface area contributed by atoms with Gasteiger partial charge >= 0.3 is 0 Å². The van der Waals surface area contributed by atoms with Crippen LogP contribution in [0.5, 0.6) is 0 Å². The van der Waals surface area contributed by atoms with Crippen LogP contribution in [-0.2, 0) is 7.05 Å². The molecule has 0 bridgehead atoms. The van der Waals surface area contributed by atoms with E-state index in [0.29, 0.717) is 37.4 Å². The van der Waals surface area contributed by atoms with Crippen LogP contribution in [0, 0.1) is 19.7 Å². The second kappa shape index (κ2) is 6.99. The predicted molar refractivity (Wildman–Crippen MR) is 115 cm³/mol. The lowest BCUT2D eigenvalue weighted by atomic mass is 10.2. The van der Waals surface area contributed by atoms with E-state index in [1.165, 1.54) is 38.2 Å². The van der Waals surface area contributed by atoms with Gasteiger partial charge in [-0.2, -0.15) is 9.61 Å². The zero-order valence-electron chi connectivity index (χ0n) is 16.3. The molecule has 0 spiro atoms. The second-order valence-electron chi connectivity index (χ2n) is 6.77. The average molecular weight is 439 g/mol. The van der Waals surface area contributed by atoms with Crippen molar-refractivity contribution in [2.45, 2.75) is 24.0 Å². The minimum atomic E-state index is -0.399. The average Bonchev–Trinajstić information content (AvgIpc) is 3.27. The van der Waals surface area contributed by atoms with Crippen molar-refractivity contribution in [2.24, 2.45) is 7.05 Å². The highest BCUT2D eigenvalue weighted by atomic mass is 32.2. The molecular formula is C20H15FN6OS2. The summed E-state index contributed by atoms with van der Waals surface area (Å²) in [7, 11) is 1.70. The molecule has 0 N–H and O–H groups in total. The Kier molecular flexibility index (Phi) is 4.40. The van der Waals surface area contributed by atoms with E-state index in [0.717, 1.165) is 10.4 Å². The maximum absolute atomic E-state index is 14.2. The maximum atomic E-state index is 14.2. The molecule has 30 heavy (non-hydrogen) atoms. The summed E-state index contributed by atoms with van der Waals surface area (Å²) in [6, 6.07) is 9.89. The van der Waals surface area contributed by atoms with Gasteiger partial charge in [-0.3, -0.25) is 9.36 Å². The standard InChI is InChI=1S/C20H15FN6OS2/c1-10-11(2)29-18-16(10)19(28)26(3)20(22-18)30-15-9-8-14-23-24-17(27(14)25-15)12-6-4-5-7-13(12)21/h4-9H,1-3H3. The van der Waals surface area contributed by atoms with Crippen molar-refractivity contribution in [2.75, 3.05) is 0 Å². The Morgan fingerprint density at radius 2 is 1.90 bits per heavy atom. The van der Waals surface area contributed by atoms with Crippen LogP contribution in [0.4, 0.5) is 4.39 Å².